The van der Waals surface area contributed by atoms with Gasteiger partial charge in [-0.25, -0.2) is 9.79 Å². The SMILES string of the molecule is COC(=O)c1ccc(N=C(NC#N)SC)c(C(C)(C)C)c1. The van der Waals surface area contributed by atoms with E-state index in [0.717, 1.165) is 11.3 Å². The third-order valence-corrected chi connectivity index (χ3v) is 3.38. The lowest BCUT2D eigenvalue weighted by Gasteiger charge is -2.22. The molecule has 0 radical (unpaired) electrons. The zero-order chi connectivity index (χ0) is 16.0. The normalized spacial score (nSPS) is 11.7. The highest BCUT2D eigenvalue weighted by molar-refractivity contribution is 8.13. The summed E-state index contributed by atoms with van der Waals surface area (Å²) < 4.78 is 4.75. The molecule has 1 rings (SSSR count). The first-order chi connectivity index (χ1) is 9.83. The number of amidine groups is 1. The van der Waals surface area contributed by atoms with E-state index in [9.17, 15) is 4.79 Å². The van der Waals surface area contributed by atoms with Crippen molar-refractivity contribution in [3.63, 3.8) is 0 Å². The van der Waals surface area contributed by atoms with E-state index in [2.05, 4.69) is 10.3 Å². The van der Waals surface area contributed by atoms with Gasteiger partial charge in [-0.3, -0.25) is 5.32 Å². The number of aliphatic imine (C=N–C) groups is 1. The van der Waals surface area contributed by atoms with E-state index in [-0.39, 0.29) is 11.4 Å². The van der Waals surface area contributed by atoms with Crippen molar-refractivity contribution >= 4 is 28.6 Å². The maximum Gasteiger partial charge on any atom is 0.337 e. The first-order valence-corrected chi connectivity index (χ1v) is 7.56. The second-order valence-corrected chi connectivity index (χ2v) is 6.13. The Morgan fingerprint density at radius 1 is 1.43 bits per heavy atom. The number of thioether (sulfide) groups is 1. The van der Waals surface area contributed by atoms with Gasteiger partial charge in [-0.2, -0.15) is 5.26 Å². The largest absolute Gasteiger partial charge is 0.465 e. The summed E-state index contributed by atoms with van der Waals surface area (Å²) in [6, 6.07) is 5.22. The fraction of sp³-hybridized carbons (Fsp3) is 0.400. The molecule has 0 aliphatic heterocycles. The Kier molecular flexibility index (Phi) is 5.79. The molecule has 0 unspecified atom stereocenters. The van der Waals surface area contributed by atoms with Crippen LogP contribution in [-0.4, -0.2) is 24.5 Å². The summed E-state index contributed by atoms with van der Waals surface area (Å²) in [6.07, 6.45) is 3.70. The highest BCUT2D eigenvalue weighted by Crippen LogP contribution is 2.33. The van der Waals surface area contributed by atoms with Gasteiger partial charge in [-0.05, 0) is 35.4 Å². The van der Waals surface area contributed by atoms with E-state index < -0.39 is 0 Å². The van der Waals surface area contributed by atoms with Crippen LogP contribution in [0.3, 0.4) is 0 Å². The molecular formula is C15H19N3O2S. The summed E-state index contributed by atoms with van der Waals surface area (Å²) in [4.78, 5) is 16.1. The Hall–Kier alpha value is -2.00. The number of hydrogen-bond donors (Lipinski definition) is 1. The lowest BCUT2D eigenvalue weighted by Crippen LogP contribution is -2.16. The van der Waals surface area contributed by atoms with E-state index in [1.165, 1.54) is 18.9 Å². The smallest absolute Gasteiger partial charge is 0.337 e. The standard InChI is InChI=1S/C15H19N3O2S/c1-15(2,3)11-8-10(13(19)20-4)6-7-12(11)18-14(21-5)17-9-16/h6-8H,1-5H3,(H,17,18). The van der Waals surface area contributed by atoms with E-state index >= 15 is 0 Å². The summed E-state index contributed by atoms with van der Waals surface area (Å²) in [5.41, 5.74) is 1.93. The first-order valence-electron chi connectivity index (χ1n) is 6.34. The molecule has 0 spiro atoms. The Bertz CT molecular complexity index is 598. The Morgan fingerprint density at radius 2 is 2.10 bits per heavy atom. The van der Waals surface area contributed by atoms with Crippen LogP contribution in [-0.2, 0) is 10.2 Å². The number of rotatable bonds is 2. The number of carbonyl (C=O) groups is 1. The average molecular weight is 305 g/mol. The molecule has 21 heavy (non-hydrogen) atoms. The molecule has 1 aromatic rings. The number of hydrogen-bond acceptors (Lipinski definition) is 5. The van der Waals surface area contributed by atoms with Crippen LogP contribution >= 0.6 is 11.8 Å². The molecule has 1 aromatic carbocycles. The van der Waals surface area contributed by atoms with Gasteiger partial charge < -0.3 is 4.74 Å². The fourth-order valence-corrected chi connectivity index (χ4v) is 2.10. The molecule has 6 heteroatoms. The maximum atomic E-state index is 11.7. The number of nitrogens with one attached hydrogen (secondary N) is 1. The van der Waals surface area contributed by atoms with Crippen LogP contribution in [0.4, 0.5) is 5.69 Å². The van der Waals surface area contributed by atoms with Gasteiger partial charge in [-0.15, -0.1) is 0 Å². The third-order valence-electron chi connectivity index (χ3n) is 2.80. The highest BCUT2D eigenvalue weighted by Gasteiger charge is 2.20. The molecule has 0 amide bonds. The number of nitrogens with zero attached hydrogens (tertiary/aromatic N) is 2. The molecule has 0 bridgehead atoms. The quantitative estimate of drug-likeness (QED) is 0.298. The molecule has 0 aliphatic carbocycles. The molecule has 5 nitrogen and oxygen atoms in total. The van der Waals surface area contributed by atoms with Gasteiger partial charge >= 0.3 is 5.97 Å². The monoisotopic (exact) mass is 305 g/mol. The minimum absolute atomic E-state index is 0.195. The minimum Gasteiger partial charge on any atom is -0.465 e. The van der Waals surface area contributed by atoms with Gasteiger partial charge in [0, 0.05) is 0 Å². The zero-order valence-corrected chi connectivity index (χ0v) is 13.7. The van der Waals surface area contributed by atoms with Crippen LogP contribution < -0.4 is 5.32 Å². The predicted molar refractivity (Wildman–Crippen MR) is 85.8 cm³/mol. The minimum atomic E-state index is -0.378. The second-order valence-electron chi connectivity index (χ2n) is 5.33. The van der Waals surface area contributed by atoms with Crippen molar-refractivity contribution in [3.05, 3.63) is 29.3 Å². The summed E-state index contributed by atoms with van der Waals surface area (Å²) in [6.45, 7) is 6.12. The zero-order valence-electron chi connectivity index (χ0n) is 12.9. The van der Waals surface area contributed by atoms with Crippen LogP contribution in [0.15, 0.2) is 23.2 Å². The average Bonchev–Trinajstić information content (AvgIpc) is 2.45. The lowest BCUT2D eigenvalue weighted by molar-refractivity contribution is 0.0600. The molecule has 0 saturated heterocycles. The number of esters is 1. The molecule has 112 valence electrons. The Labute approximate surface area is 129 Å². The van der Waals surface area contributed by atoms with Crippen molar-refractivity contribution in [3.8, 4) is 6.19 Å². The summed E-state index contributed by atoms with van der Waals surface area (Å²) in [7, 11) is 1.35. The van der Waals surface area contributed by atoms with Gasteiger partial charge in [-0.1, -0.05) is 32.5 Å². The summed E-state index contributed by atoms with van der Waals surface area (Å²) >= 11 is 1.35. The maximum absolute atomic E-state index is 11.7. The van der Waals surface area contributed by atoms with Gasteiger partial charge in [0.05, 0.1) is 18.4 Å². The van der Waals surface area contributed by atoms with Crippen molar-refractivity contribution in [2.75, 3.05) is 13.4 Å². The molecular weight excluding hydrogens is 286 g/mol. The second kappa shape index (κ2) is 7.14. The Balaban J connectivity index is 3.39. The predicted octanol–water partition coefficient (Wildman–Crippen LogP) is 3.19. The number of benzene rings is 1. The van der Waals surface area contributed by atoms with E-state index in [0.29, 0.717) is 10.7 Å². The lowest BCUT2D eigenvalue weighted by atomic mass is 9.85. The summed E-state index contributed by atoms with van der Waals surface area (Å²) in [5, 5.41) is 11.8. The van der Waals surface area contributed by atoms with Crippen molar-refractivity contribution in [1.29, 1.82) is 5.26 Å². The van der Waals surface area contributed by atoms with Crippen LogP contribution in [0, 0.1) is 11.5 Å². The van der Waals surface area contributed by atoms with Crippen molar-refractivity contribution in [2.24, 2.45) is 4.99 Å². The number of methoxy groups -OCH3 is 1. The van der Waals surface area contributed by atoms with Crippen LogP contribution in [0.2, 0.25) is 0 Å². The van der Waals surface area contributed by atoms with Crippen molar-refractivity contribution in [2.45, 2.75) is 26.2 Å². The summed E-state index contributed by atoms with van der Waals surface area (Å²) in [5.74, 6) is -0.378. The topological polar surface area (TPSA) is 74.5 Å². The van der Waals surface area contributed by atoms with Gasteiger partial charge in [0.2, 0.25) is 0 Å². The number of nitriles is 1. The molecule has 0 heterocycles. The molecule has 0 fully saturated rings. The molecule has 1 N–H and O–H groups in total. The van der Waals surface area contributed by atoms with Gasteiger partial charge in [0.25, 0.3) is 0 Å². The van der Waals surface area contributed by atoms with E-state index in [4.69, 9.17) is 10.00 Å². The Morgan fingerprint density at radius 3 is 2.57 bits per heavy atom. The number of ether oxygens (including phenoxy) is 1. The van der Waals surface area contributed by atoms with Crippen molar-refractivity contribution < 1.29 is 9.53 Å². The van der Waals surface area contributed by atoms with Gasteiger partial charge in [0.1, 0.15) is 0 Å². The molecule has 0 atom stereocenters. The van der Waals surface area contributed by atoms with E-state index in [1.807, 2.05) is 33.2 Å². The highest BCUT2D eigenvalue weighted by atomic mass is 32.2. The number of carbonyl (C=O) groups excluding carboxylic acids is 1. The molecule has 0 aromatic heterocycles. The van der Waals surface area contributed by atoms with E-state index in [1.54, 1.807) is 18.2 Å². The van der Waals surface area contributed by atoms with Crippen LogP contribution in [0.5, 0.6) is 0 Å². The first kappa shape index (κ1) is 17.1. The van der Waals surface area contributed by atoms with Gasteiger partial charge in [0.15, 0.2) is 11.4 Å². The van der Waals surface area contributed by atoms with Crippen LogP contribution in [0.1, 0.15) is 36.7 Å². The third kappa shape index (κ3) is 4.50. The molecule has 0 saturated carbocycles. The van der Waals surface area contributed by atoms with Crippen molar-refractivity contribution in [1.82, 2.24) is 5.32 Å². The molecule has 0 aliphatic rings. The fourth-order valence-electron chi connectivity index (χ4n) is 1.76. The van der Waals surface area contributed by atoms with Crippen LogP contribution in [0.25, 0.3) is 0 Å².